The maximum absolute atomic E-state index is 5.69. The number of fused-ring (bicyclic) bond motifs is 1. The predicted octanol–water partition coefficient (Wildman–Crippen LogP) is 1.60. The SMILES string of the molecule is C=CCOc1nc(N2CCNCC2)nc2ccccc12. The molecular formula is C15H18N4O. The summed E-state index contributed by atoms with van der Waals surface area (Å²) in [6.45, 7) is 7.87. The number of piperazine rings is 1. The Bertz CT molecular complexity index is 608. The second-order valence-corrected chi connectivity index (χ2v) is 4.68. The molecule has 0 aliphatic carbocycles. The summed E-state index contributed by atoms with van der Waals surface area (Å²) in [6, 6.07) is 7.92. The van der Waals surface area contributed by atoms with Crippen molar-refractivity contribution in [2.45, 2.75) is 0 Å². The van der Waals surface area contributed by atoms with Crippen molar-refractivity contribution >= 4 is 16.9 Å². The van der Waals surface area contributed by atoms with E-state index in [0.717, 1.165) is 43.0 Å². The van der Waals surface area contributed by atoms with Crippen molar-refractivity contribution in [1.82, 2.24) is 15.3 Å². The van der Waals surface area contributed by atoms with Crippen molar-refractivity contribution in [3.05, 3.63) is 36.9 Å². The minimum atomic E-state index is 0.446. The van der Waals surface area contributed by atoms with Crippen LogP contribution in [0.15, 0.2) is 36.9 Å². The molecule has 1 N–H and O–H groups in total. The van der Waals surface area contributed by atoms with Gasteiger partial charge in [-0.15, -0.1) is 0 Å². The van der Waals surface area contributed by atoms with Crippen molar-refractivity contribution in [2.75, 3.05) is 37.7 Å². The third kappa shape index (κ3) is 2.58. The summed E-state index contributed by atoms with van der Waals surface area (Å²) < 4.78 is 5.69. The third-order valence-corrected chi connectivity index (χ3v) is 3.29. The molecule has 1 fully saturated rings. The first-order valence-corrected chi connectivity index (χ1v) is 6.84. The molecule has 0 saturated carbocycles. The number of ether oxygens (including phenoxy) is 1. The average Bonchev–Trinajstić information content (AvgIpc) is 2.53. The Morgan fingerprint density at radius 2 is 2.05 bits per heavy atom. The Balaban J connectivity index is 2.01. The molecule has 2 aromatic rings. The van der Waals surface area contributed by atoms with E-state index in [0.29, 0.717) is 12.5 Å². The van der Waals surface area contributed by atoms with Gasteiger partial charge >= 0.3 is 0 Å². The predicted molar refractivity (Wildman–Crippen MR) is 80.3 cm³/mol. The van der Waals surface area contributed by atoms with Gasteiger partial charge in [-0.05, 0) is 12.1 Å². The normalized spacial score (nSPS) is 15.3. The molecule has 0 spiro atoms. The van der Waals surface area contributed by atoms with Crippen molar-refractivity contribution in [2.24, 2.45) is 0 Å². The highest BCUT2D eigenvalue weighted by atomic mass is 16.5. The minimum Gasteiger partial charge on any atom is -0.473 e. The van der Waals surface area contributed by atoms with Gasteiger partial charge in [-0.3, -0.25) is 0 Å². The number of hydrogen-bond donors (Lipinski definition) is 1. The Labute approximate surface area is 118 Å². The molecule has 1 aliphatic rings. The van der Waals surface area contributed by atoms with Crippen LogP contribution in [0.2, 0.25) is 0 Å². The monoisotopic (exact) mass is 270 g/mol. The quantitative estimate of drug-likeness (QED) is 0.855. The Morgan fingerprint density at radius 3 is 2.85 bits per heavy atom. The van der Waals surface area contributed by atoms with E-state index in [1.165, 1.54) is 0 Å². The molecule has 1 aromatic carbocycles. The van der Waals surface area contributed by atoms with Gasteiger partial charge in [0.15, 0.2) is 0 Å². The smallest absolute Gasteiger partial charge is 0.229 e. The molecule has 104 valence electrons. The largest absolute Gasteiger partial charge is 0.473 e. The third-order valence-electron chi connectivity index (χ3n) is 3.29. The van der Waals surface area contributed by atoms with Gasteiger partial charge in [-0.25, -0.2) is 4.98 Å². The molecule has 0 amide bonds. The van der Waals surface area contributed by atoms with Crippen LogP contribution in [0.3, 0.4) is 0 Å². The van der Waals surface area contributed by atoms with Crippen molar-refractivity contribution in [3.8, 4) is 5.88 Å². The zero-order valence-electron chi connectivity index (χ0n) is 11.4. The number of nitrogens with one attached hydrogen (secondary N) is 1. The lowest BCUT2D eigenvalue weighted by molar-refractivity contribution is 0.353. The van der Waals surface area contributed by atoms with Crippen LogP contribution in [0.1, 0.15) is 0 Å². The van der Waals surface area contributed by atoms with E-state index in [2.05, 4.69) is 26.8 Å². The van der Waals surface area contributed by atoms with Crippen molar-refractivity contribution in [3.63, 3.8) is 0 Å². The van der Waals surface area contributed by atoms with Crippen LogP contribution in [0, 0.1) is 0 Å². The van der Waals surface area contributed by atoms with Crippen LogP contribution in [0.4, 0.5) is 5.95 Å². The van der Waals surface area contributed by atoms with Crippen LogP contribution in [0.5, 0.6) is 5.88 Å². The number of para-hydroxylation sites is 1. The van der Waals surface area contributed by atoms with Gasteiger partial charge < -0.3 is 15.0 Å². The fourth-order valence-corrected chi connectivity index (χ4v) is 2.29. The van der Waals surface area contributed by atoms with E-state index in [9.17, 15) is 0 Å². The van der Waals surface area contributed by atoms with Gasteiger partial charge in [-0.2, -0.15) is 4.98 Å². The summed E-state index contributed by atoms with van der Waals surface area (Å²) in [5.74, 6) is 1.37. The number of aromatic nitrogens is 2. The minimum absolute atomic E-state index is 0.446. The first kappa shape index (κ1) is 12.9. The lowest BCUT2D eigenvalue weighted by Crippen LogP contribution is -2.44. The molecule has 0 atom stereocenters. The van der Waals surface area contributed by atoms with Crippen LogP contribution < -0.4 is 15.0 Å². The molecular weight excluding hydrogens is 252 g/mol. The van der Waals surface area contributed by atoms with Gasteiger partial charge in [0.1, 0.15) is 6.61 Å². The molecule has 1 aromatic heterocycles. The van der Waals surface area contributed by atoms with E-state index < -0.39 is 0 Å². The van der Waals surface area contributed by atoms with Crippen LogP contribution in [0.25, 0.3) is 10.9 Å². The first-order valence-electron chi connectivity index (χ1n) is 6.84. The van der Waals surface area contributed by atoms with Crippen LogP contribution >= 0.6 is 0 Å². The number of anilines is 1. The summed E-state index contributed by atoms with van der Waals surface area (Å²) in [6.07, 6.45) is 1.72. The summed E-state index contributed by atoms with van der Waals surface area (Å²) in [7, 11) is 0. The molecule has 5 nitrogen and oxygen atoms in total. The van der Waals surface area contributed by atoms with Gasteiger partial charge in [-0.1, -0.05) is 24.8 Å². The second-order valence-electron chi connectivity index (χ2n) is 4.68. The lowest BCUT2D eigenvalue weighted by Gasteiger charge is -2.27. The molecule has 3 rings (SSSR count). The number of rotatable bonds is 4. The number of benzene rings is 1. The fraction of sp³-hybridized carbons (Fsp3) is 0.333. The Kier molecular flexibility index (Phi) is 3.78. The van der Waals surface area contributed by atoms with E-state index in [-0.39, 0.29) is 0 Å². The second kappa shape index (κ2) is 5.88. The molecule has 1 saturated heterocycles. The number of nitrogens with zero attached hydrogens (tertiary/aromatic N) is 3. The highest BCUT2D eigenvalue weighted by Crippen LogP contribution is 2.25. The molecule has 0 bridgehead atoms. The molecule has 1 aliphatic heterocycles. The standard InChI is InChI=1S/C15H18N4O/c1-2-11-20-14-12-5-3-4-6-13(12)17-15(18-14)19-9-7-16-8-10-19/h2-6,16H,1,7-11H2. The average molecular weight is 270 g/mol. The molecule has 5 heteroatoms. The molecule has 2 heterocycles. The van der Waals surface area contributed by atoms with Crippen LogP contribution in [-0.2, 0) is 0 Å². The lowest BCUT2D eigenvalue weighted by atomic mass is 10.2. The van der Waals surface area contributed by atoms with Gasteiger partial charge in [0, 0.05) is 26.2 Å². The number of hydrogen-bond acceptors (Lipinski definition) is 5. The topological polar surface area (TPSA) is 50.3 Å². The molecule has 0 unspecified atom stereocenters. The summed E-state index contributed by atoms with van der Waals surface area (Å²) >= 11 is 0. The van der Waals surface area contributed by atoms with Crippen molar-refractivity contribution in [1.29, 1.82) is 0 Å². The zero-order valence-corrected chi connectivity index (χ0v) is 11.4. The van der Waals surface area contributed by atoms with Crippen molar-refractivity contribution < 1.29 is 4.74 Å². The van der Waals surface area contributed by atoms with Crippen LogP contribution in [-0.4, -0.2) is 42.8 Å². The van der Waals surface area contributed by atoms with E-state index in [1.54, 1.807) is 6.08 Å². The zero-order chi connectivity index (χ0) is 13.8. The highest BCUT2D eigenvalue weighted by Gasteiger charge is 2.16. The molecule has 20 heavy (non-hydrogen) atoms. The van der Waals surface area contributed by atoms with Gasteiger partial charge in [0.25, 0.3) is 0 Å². The highest BCUT2D eigenvalue weighted by molar-refractivity contribution is 5.84. The summed E-state index contributed by atoms with van der Waals surface area (Å²) in [4.78, 5) is 11.4. The van der Waals surface area contributed by atoms with E-state index >= 15 is 0 Å². The Hall–Kier alpha value is -2.14. The van der Waals surface area contributed by atoms with E-state index in [4.69, 9.17) is 4.74 Å². The fourth-order valence-electron chi connectivity index (χ4n) is 2.29. The maximum Gasteiger partial charge on any atom is 0.229 e. The first-order chi connectivity index (χ1) is 9.88. The summed E-state index contributed by atoms with van der Waals surface area (Å²) in [5, 5.41) is 4.27. The van der Waals surface area contributed by atoms with E-state index in [1.807, 2.05) is 24.3 Å². The van der Waals surface area contributed by atoms with Gasteiger partial charge in [0.2, 0.25) is 11.8 Å². The summed E-state index contributed by atoms with van der Waals surface area (Å²) in [5.41, 5.74) is 0.912. The van der Waals surface area contributed by atoms with Gasteiger partial charge in [0.05, 0.1) is 10.9 Å². The Morgan fingerprint density at radius 1 is 1.25 bits per heavy atom. The molecule has 0 radical (unpaired) electrons. The maximum atomic E-state index is 5.69.